The molecule has 0 aliphatic carbocycles. The molecule has 0 aliphatic rings. The number of aliphatic hydroxyl groups is 1. The number of aromatic nitrogens is 4. The van der Waals surface area contributed by atoms with Crippen LogP contribution in [0.2, 0.25) is 0 Å². The molecule has 0 unspecified atom stereocenters. The van der Waals surface area contributed by atoms with Crippen LogP contribution in [0.15, 0.2) is 36.4 Å². The highest BCUT2D eigenvalue weighted by Crippen LogP contribution is 2.24. The van der Waals surface area contributed by atoms with Gasteiger partial charge in [-0.1, -0.05) is 6.07 Å². The minimum Gasteiger partial charge on any atom is -0.489 e. The van der Waals surface area contributed by atoms with Gasteiger partial charge >= 0.3 is 0 Å². The van der Waals surface area contributed by atoms with Gasteiger partial charge in [-0.25, -0.2) is 9.97 Å². The largest absolute Gasteiger partial charge is 0.489 e. The lowest BCUT2D eigenvalue weighted by atomic mass is 10.2. The standard InChI is InChI=1S/C22H26N6O4/c23-22(24)14-4-5-15-17(12-14)27-19(25-15)13-20-26-16-2-1-3-18(21(16)28-20)32-11-10-31-9-8-30-7-6-29/h1-5,12,29H,6-11,13H2,(H3,23,24)(H,25,27)(H,26,28). The average molecular weight is 438 g/mol. The molecule has 168 valence electrons. The van der Waals surface area contributed by atoms with Gasteiger partial charge in [-0.2, -0.15) is 0 Å². The number of imidazole rings is 2. The predicted molar refractivity (Wildman–Crippen MR) is 120 cm³/mol. The maximum atomic E-state index is 8.65. The fourth-order valence-electron chi connectivity index (χ4n) is 3.32. The zero-order valence-corrected chi connectivity index (χ0v) is 17.6. The summed E-state index contributed by atoms with van der Waals surface area (Å²) in [5.74, 6) is 2.22. The third kappa shape index (κ3) is 5.22. The number of nitrogen functional groups attached to an aromatic ring is 1. The van der Waals surface area contributed by atoms with Crippen molar-refractivity contribution in [1.29, 1.82) is 5.41 Å². The molecule has 0 saturated carbocycles. The lowest BCUT2D eigenvalue weighted by molar-refractivity contribution is 0.0248. The Bertz CT molecular complexity index is 1200. The lowest BCUT2D eigenvalue weighted by Crippen LogP contribution is -2.12. The van der Waals surface area contributed by atoms with Crippen LogP contribution in [-0.2, 0) is 15.9 Å². The summed E-state index contributed by atoms with van der Waals surface area (Å²) in [6.45, 7) is 2.04. The van der Waals surface area contributed by atoms with Gasteiger partial charge in [0.2, 0.25) is 0 Å². The number of rotatable bonds is 12. The number of hydrogen-bond acceptors (Lipinski definition) is 7. The average Bonchev–Trinajstić information content (AvgIpc) is 3.38. The van der Waals surface area contributed by atoms with Crippen LogP contribution in [0.5, 0.6) is 5.75 Å². The zero-order chi connectivity index (χ0) is 22.3. The Morgan fingerprint density at radius 2 is 1.69 bits per heavy atom. The van der Waals surface area contributed by atoms with Crippen LogP contribution in [0.1, 0.15) is 17.2 Å². The Hall–Kier alpha value is -3.47. The van der Waals surface area contributed by atoms with Crippen LogP contribution in [-0.4, -0.2) is 70.5 Å². The van der Waals surface area contributed by atoms with Gasteiger partial charge in [0.15, 0.2) is 0 Å². The van der Waals surface area contributed by atoms with Gasteiger partial charge in [0.05, 0.1) is 56.0 Å². The molecule has 4 rings (SSSR count). The van der Waals surface area contributed by atoms with Crippen LogP contribution in [0.25, 0.3) is 22.1 Å². The van der Waals surface area contributed by atoms with Crippen LogP contribution >= 0.6 is 0 Å². The van der Waals surface area contributed by atoms with Crippen molar-refractivity contribution >= 4 is 27.9 Å². The number of H-pyrrole nitrogens is 2. The van der Waals surface area contributed by atoms with Crippen LogP contribution in [0, 0.1) is 5.41 Å². The molecular weight excluding hydrogens is 412 g/mol. The number of aliphatic hydroxyl groups excluding tert-OH is 1. The molecule has 2 heterocycles. The summed E-state index contributed by atoms with van der Waals surface area (Å²) < 4.78 is 16.4. The molecule has 0 spiro atoms. The number of fused-ring (bicyclic) bond motifs is 2. The number of aromatic amines is 2. The van der Waals surface area contributed by atoms with Crippen molar-refractivity contribution < 1.29 is 19.3 Å². The summed E-state index contributed by atoms with van der Waals surface area (Å²) in [5.41, 5.74) is 9.48. The molecule has 6 N–H and O–H groups in total. The second-order valence-electron chi connectivity index (χ2n) is 7.14. The molecule has 10 heteroatoms. The van der Waals surface area contributed by atoms with Gasteiger partial charge in [-0.05, 0) is 30.3 Å². The number of benzene rings is 2. The molecule has 0 aliphatic heterocycles. The van der Waals surface area contributed by atoms with E-state index >= 15 is 0 Å². The second kappa shape index (κ2) is 10.2. The number of ether oxygens (including phenoxy) is 3. The lowest BCUT2D eigenvalue weighted by Gasteiger charge is -2.07. The van der Waals surface area contributed by atoms with E-state index < -0.39 is 0 Å². The monoisotopic (exact) mass is 438 g/mol. The summed E-state index contributed by atoms with van der Waals surface area (Å²) in [6, 6.07) is 11.2. The Morgan fingerprint density at radius 1 is 0.938 bits per heavy atom. The third-order valence-corrected chi connectivity index (χ3v) is 4.80. The van der Waals surface area contributed by atoms with E-state index in [1.165, 1.54) is 0 Å². The fraction of sp³-hybridized carbons (Fsp3) is 0.318. The van der Waals surface area contributed by atoms with E-state index in [4.69, 9.17) is 35.4 Å². The maximum absolute atomic E-state index is 8.65. The third-order valence-electron chi connectivity index (χ3n) is 4.80. The second-order valence-corrected chi connectivity index (χ2v) is 7.14. The van der Waals surface area contributed by atoms with E-state index in [0.717, 1.165) is 33.7 Å². The van der Waals surface area contributed by atoms with Crippen LogP contribution in [0.3, 0.4) is 0 Å². The fourth-order valence-corrected chi connectivity index (χ4v) is 3.32. The Kier molecular flexibility index (Phi) is 6.95. The van der Waals surface area contributed by atoms with E-state index in [2.05, 4.69) is 15.0 Å². The maximum Gasteiger partial charge on any atom is 0.147 e. The highest BCUT2D eigenvalue weighted by molar-refractivity contribution is 5.97. The van der Waals surface area contributed by atoms with Crippen LogP contribution < -0.4 is 10.5 Å². The van der Waals surface area contributed by atoms with Gasteiger partial charge in [0.1, 0.15) is 35.4 Å². The van der Waals surface area contributed by atoms with Crippen molar-refractivity contribution in [3.8, 4) is 5.75 Å². The molecule has 0 fully saturated rings. The molecule has 0 atom stereocenters. The van der Waals surface area contributed by atoms with E-state index in [1.54, 1.807) is 12.1 Å². The zero-order valence-electron chi connectivity index (χ0n) is 17.6. The molecule has 4 aromatic rings. The number of amidine groups is 1. The summed E-state index contributed by atoms with van der Waals surface area (Å²) in [5, 5.41) is 16.2. The summed E-state index contributed by atoms with van der Waals surface area (Å²) in [4.78, 5) is 15.9. The molecule has 0 bridgehead atoms. The highest BCUT2D eigenvalue weighted by Gasteiger charge is 2.12. The number of hydrogen-bond donors (Lipinski definition) is 5. The topological polar surface area (TPSA) is 155 Å². The van der Waals surface area contributed by atoms with Crippen molar-refractivity contribution in [2.75, 3.05) is 39.6 Å². The molecule has 0 amide bonds. The SMILES string of the molecule is N=C(N)c1ccc2[nH]c(Cc3nc4c(OCCOCCOCCO)cccc4[nH]3)nc2c1. The molecule has 2 aromatic heterocycles. The first kappa shape index (κ1) is 21.8. The first-order valence-corrected chi connectivity index (χ1v) is 10.3. The summed E-state index contributed by atoms with van der Waals surface area (Å²) in [6.07, 6.45) is 0.495. The van der Waals surface area contributed by atoms with Crippen molar-refractivity contribution in [3.05, 3.63) is 53.6 Å². The molecule has 0 saturated heterocycles. The Morgan fingerprint density at radius 3 is 2.50 bits per heavy atom. The smallest absolute Gasteiger partial charge is 0.147 e. The molecule has 10 nitrogen and oxygen atoms in total. The Balaban J connectivity index is 1.38. The highest BCUT2D eigenvalue weighted by atomic mass is 16.5. The minimum atomic E-state index is 0.00983. The Labute approximate surface area is 184 Å². The van der Waals surface area contributed by atoms with Gasteiger partial charge in [0, 0.05) is 5.56 Å². The van der Waals surface area contributed by atoms with E-state index in [-0.39, 0.29) is 12.4 Å². The summed E-state index contributed by atoms with van der Waals surface area (Å²) >= 11 is 0. The van der Waals surface area contributed by atoms with Gasteiger partial charge in [0.25, 0.3) is 0 Å². The van der Waals surface area contributed by atoms with Crippen molar-refractivity contribution in [3.63, 3.8) is 0 Å². The van der Waals surface area contributed by atoms with E-state index in [1.807, 2.05) is 24.3 Å². The first-order chi connectivity index (χ1) is 15.6. The van der Waals surface area contributed by atoms with Gasteiger partial charge in [-0.3, -0.25) is 5.41 Å². The predicted octanol–water partition coefficient (Wildman–Crippen LogP) is 1.72. The number of nitrogens with one attached hydrogen (secondary N) is 3. The first-order valence-electron chi connectivity index (χ1n) is 10.3. The molecule has 2 aromatic carbocycles. The van der Waals surface area contributed by atoms with Crippen molar-refractivity contribution in [2.45, 2.75) is 6.42 Å². The van der Waals surface area contributed by atoms with E-state index in [0.29, 0.717) is 50.8 Å². The van der Waals surface area contributed by atoms with Crippen LogP contribution in [0.4, 0.5) is 0 Å². The minimum absolute atomic E-state index is 0.00983. The quantitative estimate of drug-likeness (QED) is 0.128. The normalized spacial score (nSPS) is 11.4. The summed E-state index contributed by atoms with van der Waals surface area (Å²) in [7, 11) is 0. The van der Waals surface area contributed by atoms with Gasteiger partial charge in [-0.15, -0.1) is 0 Å². The van der Waals surface area contributed by atoms with E-state index in [9.17, 15) is 0 Å². The number of nitrogens with two attached hydrogens (primary N) is 1. The van der Waals surface area contributed by atoms with Crippen molar-refractivity contribution in [1.82, 2.24) is 19.9 Å². The molecular formula is C22H26N6O4. The number of nitrogens with zero attached hydrogens (tertiary/aromatic N) is 2. The molecule has 32 heavy (non-hydrogen) atoms. The number of para-hydroxylation sites is 1. The van der Waals surface area contributed by atoms with Gasteiger partial charge < -0.3 is 35.0 Å². The van der Waals surface area contributed by atoms with Crippen molar-refractivity contribution in [2.24, 2.45) is 5.73 Å². The molecule has 0 radical (unpaired) electrons.